The number of esters is 1. The largest absolute Gasteiger partial charge is 0.456 e. The van der Waals surface area contributed by atoms with Gasteiger partial charge < -0.3 is 4.74 Å². The van der Waals surface area contributed by atoms with Crippen molar-refractivity contribution in [3.63, 3.8) is 0 Å². The molecule has 0 aliphatic rings. The monoisotopic (exact) mass is 195 g/mol. The zero-order valence-corrected chi connectivity index (χ0v) is 8.27. The SMILES string of the molecule is CC(C)(C)OC(=O)c1ccnnc1[O]. The van der Waals surface area contributed by atoms with E-state index in [-0.39, 0.29) is 5.56 Å². The number of aromatic nitrogens is 2. The van der Waals surface area contributed by atoms with Crippen molar-refractivity contribution in [2.24, 2.45) is 0 Å². The number of hydrogen-bond donors (Lipinski definition) is 0. The molecular weight excluding hydrogens is 184 g/mol. The molecule has 1 heterocycles. The second-order valence-electron chi connectivity index (χ2n) is 3.75. The lowest BCUT2D eigenvalue weighted by Gasteiger charge is -2.19. The maximum absolute atomic E-state index is 11.4. The Morgan fingerprint density at radius 3 is 2.57 bits per heavy atom. The molecule has 0 N–H and O–H groups in total. The minimum absolute atomic E-state index is 0.0880. The molecule has 1 aromatic heterocycles. The Labute approximate surface area is 81.7 Å². The number of carbonyl (C=O) groups is 1. The van der Waals surface area contributed by atoms with Gasteiger partial charge in [-0.1, -0.05) is 0 Å². The third kappa shape index (κ3) is 2.69. The standard InChI is InChI=1S/C9H11N2O3/c1-9(2,3)14-8(13)6-4-5-10-11-7(6)12/h4-5H,1-3H3. The van der Waals surface area contributed by atoms with E-state index < -0.39 is 17.5 Å². The third-order valence-electron chi connectivity index (χ3n) is 1.31. The molecule has 14 heavy (non-hydrogen) atoms. The summed E-state index contributed by atoms with van der Waals surface area (Å²) in [4.78, 5) is 11.4. The lowest BCUT2D eigenvalue weighted by Crippen LogP contribution is -2.24. The summed E-state index contributed by atoms with van der Waals surface area (Å²) < 4.78 is 5.00. The molecule has 0 unspecified atom stereocenters. The molecule has 0 atom stereocenters. The van der Waals surface area contributed by atoms with Gasteiger partial charge in [-0.2, -0.15) is 5.10 Å². The van der Waals surface area contributed by atoms with Crippen molar-refractivity contribution in [1.82, 2.24) is 10.2 Å². The molecule has 0 amide bonds. The Kier molecular flexibility index (Phi) is 2.69. The average molecular weight is 195 g/mol. The van der Waals surface area contributed by atoms with E-state index in [1.165, 1.54) is 12.3 Å². The quantitative estimate of drug-likeness (QED) is 0.637. The first-order valence-electron chi connectivity index (χ1n) is 4.12. The van der Waals surface area contributed by atoms with Crippen molar-refractivity contribution < 1.29 is 14.6 Å². The summed E-state index contributed by atoms with van der Waals surface area (Å²) in [6.07, 6.45) is 1.28. The van der Waals surface area contributed by atoms with Crippen LogP contribution in [0.25, 0.3) is 0 Å². The number of ether oxygens (including phenoxy) is 1. The smallest absolute Gasteiger partial charge is 0.344 e. The average Bonchev–Trinajstić information content (AvgIpc) is 2.01. The summed E-state index contributed by atoms with van der Waals surface area (Å²) in [6.45, 7) is 5.18. The van der Waals surface area contributed by atoms with E-state index >= 15 is 0 Å². The molecule has 0 spiro atoms. The number of rotatable bonds is 1. The minimum Gasteiger partial charge on any atom is -0.456 e. The van der Waals surface area contributed by atoms with E-state index in [1.807, 2.05) is 0 Å². The second kappa shape index (κ2) is 3.61. The van der Waals surface area contributed by atoms with Crippen molar-refractivity contribution in [2.45, 2.75) is 26.4 Å². The molecule has 0 aliphatic heterocycles. The van der Waals surface area contributed by atoms with Crippen LogP contribution in [0.2, 0.25) is 0 Å². The van der Waals surface area contributed by atoms with E-state index in [9.17, 15) is 9.90 Å². The molecule has 5 heteroatoms. The summed E-state index contributed by atoms with van der Waals surface area (Å²) in [5.41, 5.74) is -0.706. The molecule has 1 rings (SSSR count). The number of carbonyl (C=O) groups excluding carboxylic acids is 1. The Morgan fingerprint density at radius 2 is 2.07 bits per heavy atom. The van der Waals surface area contributed by atoms with Crippen molar-refractivity contribution in [3.05, 3.63) is 17.8 Å². The first kappa shape index (κ1) is 10.4. The highest BCUT2D eigenvalue weighted by Gasteiger charge is 2.21. The maximum Gasteiger partial charge on any atom is 0.344 e. The predicted molar refractivity (Wildman–Crippen MR) is 47.3 cm³/mol. The van der Waals surface area contributed by atoms with Crippen LogP contribution in [0, 0.1) is 0 Å². The normalized spacial score (nSPS) is 11.1. The molecule has 1 radical (unpaired) electrons. The minimum atomic E-state index is -0.669. The van der Waals surface area contributed by atoms with E-state index in [1.54, 1.807) is 20.8 Å². The molecule has 0 fully saturated rings. The van der Waals surface area contributed by atoms with Crippen LogP contribution in [-0.2, 0) is 9.84 Å². The molecule has 75 valence electrons. The van der Waals surface area contributed by atoms with Gasteiger partial charge in [0.05, 0.1) is 6.20 Å². The molecular formula is C9H11N2O3. The number of hydrogen-bond acceptors (Lipinski definition) is 4. The van der Waals surface area contributed by atoms with Crippen LogP contribution < -0.4 is 0 Å². The predicted octanol–water partition coefficient (Wildman–Crippen LogP) is 1.58. The zero-order chi connectivity index (χ0) is 10.8. The van der Waals surface area contributed by atoms with Crippen LogP contribution in [-0.4, -0.2) is 21.8 Å². The summed E-state index contributed by atoms with van der Waals surface area (Å²) in [6, 6.07) is 1.30. The molecule has 0 saturated heterocycles. The Balaban J connectivity index is 2.86. The van der Waals surface area contributed by atoms with Gasteiger partial charge in [0, 0.05) is 0 Å². The molecule has 0 aromatic carbocycles. The van der Waals surface area contributed by atoms with Crippen molar-refractivity contribution in [1.29, 1.82) is 0 Å². The van der Waals surface area contributed by atoms with Crippen molar-refractivity contribution in [2.75, 3.05) is 0 Å². The Bertz CT molecular complexity index is 344. The van der Waals surface area contributed by atoms with E-state index in [4.69, 9.17) is 4.74 Å². The molecule has 1 aromatic rings. The van der Waals surface area contributed by atoms with E-state index in [0.717, 1.165) is 0 Å². The number of nitrogens with zero attached hydrogens (tertiary/aromatic N) is 2. The van der Waals surface area contributed by atoms with Crippen LogP contribution in [0.3, 0.4) is 0 Å². The van der Waals surface area contributed by atoms with Crippen LogP contribution in [0.15, 0.2) is 12.3 Å². The van der Waals surface area contributed by atoms with Gasteiger partial charge in [-0.3, -0.25) is 5.11 Å². The lowest BCUT2D eigenvalue weighted by atomic mass is 10.2. The molecule has 5 nitrogen and oxygen atoms in total. The highest BCUT2D eigenvalue weighted by Crippen LogP contribution is 2.17. The van der Waals surface area contributed by atoms with Crippen molar-refractivity contribution in [3.8, 4) is 5.88 Å². The fraction of sp³-hybridized carbons (Fsp3) is 0.444. The highest BCUT2D eigenvalue weighted by molar-refractivity contribution is 5.91. The fourth-order valence-electron chi connectivity index (χ4n) is 0.807. The molecule has 0 saturated carbocycles. The van der Waals surface area contributed by atoms with E-state index in [0.29, 0.717) is 0 Å². The van der Waals surface area contributed by atoms with Crippen LogP contribution in [0.4, 0.5) is 0 Å². The first-order valence-corrected chi connectivity index (χ1v) is 4.12. The maximum atomic E-state index is 11.4. The van der Waals surface area contributed by atoms with Gasteiger partial charge in [-0.25, -0.2) is 4.79 Å². The van der Waals surface area contributed by atoms with E-state index in [2.05, 4.69) is 10.2 Å². The molecule has 0 bridgehead atoms. The van der Waals surface area contributed by atoms with Gasteiger partial charge in [0.25, 0.3) is 0 Å². The van der Waals surface area contributed by atoms with Gasteiger partial charge in [0.1, 0.15) is 11.2 Å². The van der Waals surface area contributed by atoms with Crippen LogP contribution in [0.1, 0.15) is 31.1 Å². The van der Waals surface area contributed by atoms with Gasteiger partial charge >= 0.3 is 11.8 Å². The molecule has 0 aliphatic carbocycles. The zero-order valence-electron chi connectivity index (χ0n) is 8.27. The topological polar surface area (TPSA) is 72.0 Å². The highest BCUT2D eigenvalue weighted by atomic mass is 16.6. The van der Waals surface area contributed by atoms with Gasteiger partial charge in [0.15, 0.2) is 0 Å². The van der Waals surface area contributed by atoms with Crippen molar-refractivity contribution >= 4 is 5.97 Å². The van der Waals surface area contributed by atoms with Gasteiger partial charge in [-0.15, -0.1) is 5.10 Å². The van der Waals surface area contributed by atoms with Gasteiger partial charge in [0.2, 0.25) is 0 Å². The van der Waals surface area contributed by atoms with Crippen LogP contribution in [0.5, 0.6) is 5.88 Å². The summed E-state index contributed by atoms with van der Waals surface area (Å²) >= 11 is 0. The Morgan fingerprint density at radius 1 is 1.43 bits per heavy atom. The second-order valence-corrected chi connectivity index (χ2v) is 3.75. The fourth-order valence-corrected chi connectivity index (χ4v) is 0.807. The summed E-state index contributed by atoms with van der Waals surface area (Å²) in [7, 11) is 0. The lowest BCUT2D eigenvalue weighted by molar-refractivity contribution is 0.00639. The summed E-state index contributed by atoms with van der Waals surface area (Å²) in [5, 5.41) is 17.6. The summed E-state index contributed by atoms with van der Waals surface area (Å²) in [5.74, 6) is -1.33. The van der Waals surface area contributed by atoms with Gasteiger partial charge in [-0.05, 0) is 26.8 Å². The first-order chi connectivity index (χ1) is 6.40. The third-order valence-corrected chi connectivity index (χ3v) is 1.31. The Hall–Kier alpha value is -1.65. The van der Waals surface area contributed by atoms with Crippen LogP contribution >= 0.6 is 0 Å².